The van der Waals surface area contributed by atoms with Crippen LogP contribution in [-0.2, 0) is 0 Å². The third kappa shape index (κ3) is 5.21. The van der Waals surface area contributed by atoms with Gasteiger partial charge in [-0.25, -0.2) is 4.98 Å². The molecule has 3 aromatic carbocycles. The summed E-state index contributed by atoms with van der Waals surface area (Å²) in [6.45, 7) is 8.04. The normalized spacial score (nSPS) is 11.3. The molecule has 2 N–H and O–H groups in total. The average molecular weight is 524 g/mol. The van der Waals surface area contributed by atoms with Crippen molar-refractivity contribution in [3.05, 3.63) is 99.1 Å². The lowest BCUT2D eigenvalue weighted by molar-refractivity contribution is -0.384. The number of nitrogens with zero attached hydrogens (tertiary/aromatic N) is 5. The number of non-ortho nitro benzene ring substituents is 1. The molecule has 0 saturated carbocycles. The van der Waals surface area contributed by atoms with Gasteiger partial charge in [0.2, 0.25) is 0 Å². The molecule has 2 aromatic heterocycles. The molecule has 0 fully saturated rings. The third-order valence-corrected chi connectivity index (χ3v) is 7.00. The molecule has 190 valence electrons. The molecule has 0 atom stereocenters. The van der Waals surface area contributed by atoms with Crippen LogP contribution in [0.1, 0.15) is 22.3 Å². The van der Waals surface area contributed by atoms with E-state index < -0.39 is 4.92 Å². The summed E-state index contributed by atoms with van der Waals surface area (Å²) >= 11 is 1.14. The number of anilines is 4. The standard InChI is InChI=1S/C28H25N7O2S/c1-16-5-9-20(10-6-16)29-26-19(4)18(3)25(27(31-26)30-21-11-7-17(2)8-12-21)32-33-28-23-15-22(35(36)37)13-14-24(23)34-38-28/h5-15H,1-4H3,(H2,29,30,31). The molecule has 9 nitrogen and oxygen atoms in total. The molecule has 0 saturated heterocycles. The van der Waals surface area contributed by atoms with Crippen molar-refractivity contribution in [2.45, 2.75) is 27.7 Å². The number of hydrogen-bond acceptors (Lipinski definition) is 9. The van der Waals surface area contributed by atoms with E-state index >= 15 is 0 Å². The molecule has 5 aromatic rings. The van der Waals surface area contributed by atoms with E-state index in [-0.39, 0.29) is 5.69 Å². The Kier molecular flexibility index (Phi) is 6.80. The lowest BCUT2D eigenvalue weighted by atomic mass is 10.1. The van der Waals surface area contributed by atoms with E-state index in [9.17, 15) is 10.1 Å². The highest BCUT2D eigenvalue weighted by Gasteiger charge is 2.17. The second kappa shape index (κ2) is 10.3. The van der Waals surface area contributed by atoms with Crippen LogP contribution in [0, 0.1) is 37.8 Å². The van der Waals surface area contributed by atoms with E-state index in [1.54, 1.807) is 6.07 Å². The Morgan fingerprint density at radius 1 is 0.789 bits per heavy atom. The molecular weight excluding hydrogens is 498 g/mol. The summed E-state index contributed by atoms with van der Waals surface area (Å²) in [5.41, 5.74) is 7.14. The second-order valence-corrected chi connectivity index (χ2v) is 9.79. The third-order valence-electron chi connectivity index (χ3n) is 6.24. The minimum atomic E-state index is -0.432. The van der Waals surface area contributed by atoms with Gasteiger partial charge in [0, 0.05) is 28.9 Å². The minimum Gasteiger partial charge on any atom is -0.340 e. The molecule has 0 unspecified atom stereocenters. The maximum atomic E-state index is 11.3. The first kappa shape index (κ1) is 25.0. The summed E-state index contributed by atoms with van der Waals surface area (Å²) in [7, 11) is 0. The van der Waals surface area contributed by atoms with E-state index in [0.717, 1.165) is 39.6 Å². The fourth-order valence-electron chi connectivity index (χ4n) is 3.86. The molecule has 0 aliphatic rings. The van der Waals surface area contributed by atoms with Crippen LogP contribution < -0.4 is 10.6 Å². The van der Waals surface area contributed by atoms with Crippen molar-refractivity contribution >= 4 is 61.8 Å². The van der Waals surface area contributed by atoms with Gasteiger partial charge < -0.3 is 10.6 Å². The highest BCUT2D eigenvalue weighted by Crippen LogP contribution is 2.39. The van der Waals surface area contributed by atoms with Crippen LogP contribution in [0.5, 0.6) is 0 Å². The van der Waals surface area contributed by atoms with Gasteiger partial charge in [-0.05, 0) is 80.7 Å². The smallest absolute Gasteiger partial charge is 0.270 e. The lowest BCUT2D eigenvalue weighted by Crippen LogP contribution is -2.03. The Balaban J connectivity index is 1.58. The van der Waals surface area contributed by atoms with Gasteiger partial charge >= 0.3 is 0 Å². The number of benzene rings is 3. The molecule has 0 radical (unpaired) electrons. The predicted octanol–water partition coefficient (Wildman–Crippen LogP) is 8.74. The number of nitro benzene ring substituents is 1. The van der Waals surface area contributed by atoms with Crippen LogP contribution in [0.2, 0.25) is 0 Å². The highest BCUT2D eigenvalue weighted by atomic mass is 32.1. The number of hydrogen-bond donors (Lipinski definition) is 2. The first-order valence-corrected chi connectivity index (χ1v) is 12.7. The van der Waals surface area contributed by atoms with E-state index in [1.807, 2.05) is 76.2 Å². The first-order valence-electron chi connectivity index (χ1n) is 11.9. The van der Waals surface area contributed by atoms with Crippen molar-refractivity contribution in [2.75, 3.05) is 10.6 Å². The van der Waals surface area contributed by atoms with E-state index in [1.165, 1.54) is 17.7 Å². The van der Waals surface area contributed by atoms with Crippen LogP contribution in [0.15, 0.2) is 77.0 Å². The number of nitrogens with one attached hydrogen (secondary N) is 2. The molecular formula is C28H25N7O2S. The first-order chi connectivity index (χ1) is 18.3. The van der Waals surface area contributed by atoms with Crippen molar-refractivity contribution in [3.8, 4) is 0 Å². The number of aromatic nitrogens is 2. The summed E-state index contributed by atoms with van der Waals surface area (Å²) in [6.07, 6.45) is 0. The summed E-state index contributed by atoms with van der Waals surface area (Å²) in [5.74, 6) is 1.24. The molecule has 0 bridgehead atoms. The highest BCUT2D eigenvalue weighted by molar-refractivity contribution is 7.11. The number of fused-ring (bicyclic) bond motifs is 1. The summed E-state index contributed by atoms with van der Waals surface area (Å²) < 4.78 is 4.36. The van der Waals surface area contributed by atoms with Crippen molar-refractivity contribution in [1.82, 2.24) is 9.36 Å². The number of azo groups is 1. The van der Waals surface area contributed by atoms with E-state index in [0.29, 0.717) is 33.2 Å². The van der Waals surface area contributed by atoms with Crippen LogP contribution in [-0.4, -0.2) is 14.3 Å². The Bertz CT molecular complexity index is 1680. The predicted molar refractivity (Wildman–Crippen MR) is 153 cm³/mol. The quantitative estimate of drug-likeness (QED) is 0.125. The molecule has 5 rings (SSSR count). The van der Waals surface area contributed by atoms with Gasteiger partial charge in [-0.1, -0.05) is 35.4 Å². The van der Waals surface area contributed by atoms with Crippen LogP contribution >= 0.6 is 11.5 Å². The summed E-state index contributed by atoms with van der Waals surface area (Å²) in [6, 6.07) is 20.7. The van der Waals surface area contributed by atoms with Gasteiger partial charge in [-0.2, -0.15) is 4.37 Å². The fourth-order valence-corrected chi connectivity index (χ4v) is 4.54. The fraction of sp³-hybridized carbons (Fsp3) is 0.143. The monoisotopic (exact) mass is 523 g/mol. The minimum absolute atomic E-state index is 0.0175. The van der Waals surface area contributed by atoms with Gasteiger partial charge in [0.25, 0.3) is 5.69 Å². The number of nitro groups is 1. The van der Waals surface area contributed by atoms with E-state index in [2.05, 4.69) is 25.2 Å². The van der Waals surface area contributed by atoms with Crippen LogP contribution in [0.3, 0.4) is 0 Å². The summed E-state index contributed by atoms with van der Waals surface area (Å²) in [4.78, 5) is 15.7. The SMILES string of the molecule is Cc1ccc(Nc2nc(Nc3ccc(C)cc3)c(N=Nc3snc4ccc([N+](=O)[O-])cc34)c(C)c2C)cc1. The molecule has 0 aliphatic heterocycles. The average Bonchev–Trinajstić information content (AvgIpc) is 3.31. The number of aryl methyl sites for hydroxylation is 2. The molecule has 2 heterocycles. The topological polar surface area (TPSA) is 118 Å². The van der Waals surface area contributed by atoms with Gasteiger partial charge in [-0.15, -0.1) is 10.2 Å². The molecule has 0 amide bonds. The molecule has 0 spiro atoms. The number of rotatable bonds is 7. The molecule has 0 aliphatic carbocycles. The van der Waals surface area contributed by atoms with Crippen molar-refractivity contribution in [1.29, 1.82) is 0 Å². The van der Waals surface area contributed by atoms with Crippen LogP contribution in [0.4, 0.5) is 39.4 Å². The Labute approximate surface area is 223 Å². The zero-order chi connectivity index (χ0) is 26.8. The largest absolute Gasteiger partial charge is 0.340 e. The summed E-state index contributed by atoms with van der Waals surface area (Å²) in [5, 5.41) is 28.2. The van der Waals surface area contributed by atoms with Gasteiger partial charge in [0.15, 0.2) is 10.8 Å². The maximum Gasteiger partial charge on any atom is 0.270 e. The molecule has 10 heteroatoms. The Hall–Kier alpha value is -4.70. The number of pyridine rings is 1. The van der Waals surface area contributed by atoms with Gasteiger partial charge in [0.05, 0.1) is 10.4 Å². The molecule has 38 heavy (non-hydrogen) atoms. The zero-order valence-electron chi connectivity index (χ0n) is 21.3. The Morgan fingerprint density at radius 2 is 1.39 bits per heavy atom. The second-order valence-electron chi connectivity index (χ2n) is 9.04. The van der Waals surface area contributed by atoms with E-state index in [4.69, 9.17) is 4.98 Å². The van der Waals surface area contributed by atoms with Crippen molar-refractivity contribution < 1.29 is 4.92 Å². The maximum absolute atomic E-state index is 11.3. The Morgan fingerprint density at radius 3 is 2.00 bits per heavy atom. The van der Waals surface area contributed by atoms with Crippen molar-refractivity contribution in [2.24, 2.45) is 10.2 Å². The zero-order valence-corrected chi connectivity index (χ0v) is 22.1. The van der Waals surface area contributed by atoms with Gasteiger partial charge in [0.1, 0.15) is 11.5 Å². The lowest BCUT2D eigenvalue weighted by Gasteiger charge is -2.17. The van der Waals surface area contributed by atoms with Crippen LogP contribution in [0.25, 0.3) is 10.9 Å². The van der Waals surface area contributed by atoms with Gasteiger partial charge in [-0.3, -0.25) is 10.1 Å². The van der Waals surface area contributed by atoms with Crippen molar-refractivity contribution in [3.63, 3.8) is 0 Å².